The van der Waals surface area contributed by atoms with Crippen molar-refractivity contribution in [3.63, 3.8) is 0 Å². The highest BCUT2D eigenvalue weighted by atomic mass is 32.1. The first-order valence-corrected chi connectivity index (χ1v) is 10.8. The van der Waals surface area contributed by atoms with Gasteiger partial charge in [-0.25, -0.2) is 4.99 Å². The van der Waals surface area contributed by atoms with Crippen LogP contribution in [0.25, 0.3) is 0 Å². The number of ether oxygens (including phenoxy) is 2. The van der Waals surface area contributed by atoms with E-state index < -0.39 is 5.92 Å². The number of thiocarbonyl (C=S) groups is 1. The molecule has 0 fully saturated rings. The smallest absolute Gasteiger partial charge is 0.317 e. The van der Waals surface area contributed by atoms with Gasteiger partial charge >= 0.3 is 5.97 Å². The number of rotatable bonds is 7. The van der Waals surface area contributed by atoms with Crippen LogP contribution in [0.2, 0.25) is 0 Å². The van der Waals surface area contributed by atoms with E-state index in [1.807, 2.05) is 91.9 Å². The highest BCUT2D eigenvalue weighted by Crippen LogP contribution is 2.29. The van der Waals surface area contributed by atoms with Crippen LogP contribution in [0.5, 0.6) is 5.75 Å². The second-order valence-electron chi connectivity index (χ2n) is 7.59. The quantitative estimate of drug-likeness (QED) is 0.410. The van der Waals surface area contributed by atoms with Gasteiger partial charge in [-0.05, 0) is 48.0 Å². The van der Waals surface area contributed by atoms with Crippen LogP contribution < -0.4 is 10.1 Å². The molecule has 0 saturated heterocycles. The van der Waals surface area contributed by atoms with E-state index >= 15 is 0 Å². The minimum atomic E-state index is -0.568. The molecule has 2 atom stereocenters. The first-order chi connectivity index (χ1) is 15.6. The van der Waals surface area contributed by atoms with Crippen LogP contribution in [-0.2, 0) is 22.7 Å². The Morgan fingerprint density at radius 1 is 0.906 bits per heavy atom. The number of esters is 1. The molecule has 1 N–H and O–H groups in total. The van der Waals surface area contributed by atoms with E-state index in [9.17, 15) is 4.79 Å². The van der Waals surface area contributed by atoms with Crippen LogP contribution in [0, 0.1) is 5.92 Å². The van der Waals surface area contributed by atoms with Gasteiger partial charge in [0.05, 0.1) is 6.04 Å². The lowest BCUT2D eigenvalue weighted by Crippen LogP contribution is -2.44. The molecule has 0 amide bonds. The van der Waals surface area contributed by atoms with Crippen molar-refractivity contribution in [1.29, 1.82) is 0 Å². The molecule has 1 aliphatic rings. The Morgan fingerprint density at radius 3 is 2.12 bits per heavy atom. The number of nitrogens with one attached hydrogen (secondary N) is 1. The fourth-order valence-corrected chi connectivity index (χ4v) is 3.90. The van der Waals surface area contributed by atoms with Crippen LogP contribution in [0.15, 0.2) is 89.9 Å². The Bertz CT molecular complexity index is 1100. The first-order valence-electron chi connectivity index (χ1n) is 10.4. The Kier molecular flexibility index (Phi) is 6.92. The van der Waals surface area contributed by atoms with Crippen LogP contribution in [0.3, 0.4) is 0 Å². The number of carbonyl (C=O) groups is 1. The van der Waals surface area contributed by atoms with Crippen LogP contribution in [-0.4, -0.2) is 16.8 Å². The van der Waals surface area contributed by atoms with Gasteiger partial charge in [0.25, 0.3) is 0 Å². The second kappa shape index (κ2) is 10.2. The van der Waals surface area contributed by atoms with Gasteiger partial charge in [-0.1, -0.05) is 72.8 Å². The molecule has 162 valence electrons. The van der Waals surface area contributed by atoms with E-state index in [0.717, 1.165) is 22.4 Å². The summed E-state index contributed by atoms with van der Waals surface area (Å²) in [6, 6.07) is 26.9. The lowest BCUT2D eigenvalue weighted by atomic mass is 9.88. The summed E-state index contributed by atoms with van der Waals surface area (Å²) in [5.74, 6) is -0.148. The molecule has 2 unspecified atom stereocenters. The summed E-state index contributed by atoms with van der Waals surface area (Å²) in [7, 11) is 0. The SMILES string of the molecule is CC1=NC(=S)NC(c2ccc(OCc3ccccc3)cc2)C1C(=O)OCc1ccccc1. The normalized spacial score (nSPS) is 17.8. The van der Waals surface area contributed by atoms with Crippen LogP contribution in [0.4, 0.5) is 0 Å². The molecule has 0 aromatic heterocycles. The molecule has 0 spiro atoms. The van der Waals surface area contributed by atoms with E-state index in [-0.39, 0.29) is 18.6 Å². The van der Waals surface area contributed by atoms with E-state index in [1.165, 1.54) is 0 Å². The Balaban J connectivity index is 1.46. The van der Waals surface area contributed by atoms with Gasteiger partial charge in [0.1, 0.15) is 24.9 Å². The van der Waals surface area contributed by atoms with Crippen molar-refractivity contribution >= 4 is 29.0 Å². The molecule has 5 nitrogen and oxygen atoms in total. The molecular formula is C26H24N2O3S. The summed E-state index contributed by atoms with van der Waals surface area (Å²) >= 11 is 5.29. The van der Waals surface area contributed by atoms with Gasteiger partial charge in [-0.15, -0.1) is 0 Å². The third-order valence-electron chi connectivity index (χ3n) is 5.31. The number of nitrogens with zero attached hydrogens (tertiary/aromatic N) is 1. The monoisotopic (exact) mass is 444 g/mol. The van der Waals surface area contributed by atoms with Crippen molar-refractivity contribution in [3.8, 4) is 5.75 Å². The molecule has 1 aliphatic heterocycles. The summed E-state index contributed by atoms with van der Waals surface area (Å²) in [4.78, 5) is 17.3. The van der Waals surface area contributed by atoms with Crippen molar-refractivity contribution in [2.75, 3.05) is 0 Å². The van der Waals surface area contributed by atoms with E-state index in [1.54, 1.807) is 0 Å². The molecule has 6 heteroatoms. The second-order valence-corrected chi connectivity index (χ2v) is 7.98. The standard InChI is InChI=1S/C26H24N2O3S/c1-18-23(25(29)31-17-20-10-6-3-7-11-20)24(28-26(32)27-18)21-12-14-22(15-13-21)30-16-19-8-4-2-5-9-19/h2-15,23-24H,16-17H2,1H3,(H,28,32). The van der Waals surface area contributed by atoms with Crippen molar-refractivity contribution < 1.29 is 14.3 Å². The topological polar surface area (TPSA) is 59.9 Å². The molecule has 4 rings (SSSR count). The van der Waals surface area contributed by atoms with Gasteiger partial charge in [0, 0.05) is 5.71 Å². The third-order valence-corrected chi connectivity index (χ3v) is 5.51. The van der Waals surface area contributed by atoms with Crippen molar-refractivity contribution in [2.45, 2.75) is 26.2 Å². The number of benzene rings is 3. The molecule has 3 aromatic rings. The van der Waals surface area contributed by atoms with Gasteiger partial charge in [0.15, 0.2) is 5.11 Å². The summed E-state index contributed by atoms with van der Waals surface area (Å²) in [5, 5.41) is 3.54. The number of carbonyl (C=O) groups excluding carboxylic acids is 1. The summed E-state index contributed by atoms with van der Waals surface area (Å²) in [5.41, 5.74) is 3.59. The van der Waals surface area contributed by atoms with Crippen LogP contribution >= 0.6 is 12.2 Å². The number of aliphatic imine (C=N–C) groups is 1. The molecule has 0 aliphatic carbocycles. The summed E-state index contributed by atoms with van der Waals surface area (Å²) in [6.45, 7) is 2.52. The molecule has 3 aromatic carbocycles. The van der Waals surface area contributed by atoms with Crippen molar-refractivity contribution in [3.05, 3.63) is 102 Å². The molecule has 0 saturated carbocycles. The lowest BCUT2D eigenvalue weighted by molar-refractivity contribution is -0.148. The fraction of sp³-hybridized carbons (Fsp3) is 0.192. The average Bonchev–Trinajstić information content (AvgIpc) is 2.82. The van der Waals surface area contributed by atoms with Crippen molar-refractivity contribution in [1.82, 2.24) is 5.32 Å². The Labute approximate surface area is 193 Å². The summed E-state index contributed by atoms with van der Waals surface area (Å²) < 4.78 is 11.5. The van der Waals surface area contributed by atoms with Crippen LogP contribution in [0.1, 0.15) is 29.7 Å². The predicted octanol–water partition coefficient (Wildman–Crippen LogP) is 5.02. The zero-order chi connectivity index (χ0) is 22.3. The number of hydrogen-bond donors (Lipinski definition) is 1. The number of hydrogen-bond acceptors (Lipinski definition) is 4. The maximum atomic E-state index is 13.0. The van der Waals surface area contributed by atoms with E-state index in [4.69, 9.17) is 21.7 Å². The third kappa shape index (κ3) is 5.39. The fourth-order valence-electron chi connectivity index (χ4n) is 3.63. The van der Waals surface area contributed by atoms with Gasteiger partial charge in [-0.3, -0.25) is 4.79 Å². The van der Waals surface area contributed by atoms with Gasteiger partial charge in [0.2, 0.25) is 0 Å². The Morgan fingerprint density at radius 2 is 1.50 bits per heavy atom. The maximum absolute atomic E-state index is 13.0. The minimum Gasteiger partial charge on any atom is -0.489 e. The molecular weight excluding hydrogens is 420 g/mol. The highest BCUT2D eigenvalue weighted by molar-refractivity contribution is 7.80. The molecule has 1 heterocycles. The maximum Gasteiger partial charge on any atom is 0.317 e. The largest absolute Gasteiger partial charge is 0.489 e. The molecule has 0 bridgehead atoms. The van der Waals surface area contributed by atoms with Gasteiger partial charge in [-0.2, -0.15) is 0 Å². The van der Waals surface area contributed by atoms with Gasteiger partial charge < -0.3 is 14.8 Å². The molecule has 32 heavy (non-hydrogen) atoms. The molecule has 0 radical (unpaired) electrons. The van der Waals surface area contributed by atoms with Crippen molar-refractivity contribution in [2.24, 2.45) is 10.9 Å². The zero-order valence-corrected chi connectivity index (χ0v) is 18.5. The minimum absolute atomic E-state index is 0.215. The zero-order valence-electron chi connectivity index (χ0n) is 17.7. The summed E-state index contributed by atoms with van der Waals surface area (Å²) in [6.07, 6.45) is 0. The lowest BCUT2D eigenvalue weighted by Gasteiger charge is -2.31. The average molecular weight is 445 g/mol. The van der Waals surface area contributed by atoms with E-state index in [2.05, 4.69) is 10.3 Å². The first kappa shape index (κ1) is 21.7. The van der Waals surface area contributed by atoms with E-state index in [0.29, 0.717) is 17.4 Å². The predicted molar refractivity (Wildman–Crippen MR) is 129 cm³/mol. The Hall–Kier alpha value is -3.51. The highest BCUT2D eigenvalue weighted by Gasteiger charge is 2.37.